The summed E-state index contributed by atoms with van der Waals surface area (Å²) in [6, 6.07) is 1.60. The van der Waals surface area contributed by atoms with Crippen LogP contribution in [0.25, 0.3) is 0 Å². The molecule has 0 spiro atoms. The highest BCUT2D eigenvalue weighted by molar-refractivity contribution is 6.35. The van der Waals surface area contributed by atoms with Gasteiger partial charge in [0.2, 0.25) is 0 Å². The summed E-state index contributed by atoms with van der Waals surface area (Å²) in [5, 5.41) is 4.81. The van der Waals surface area contributed by atoms with Crippen LogP contribution in [0.15, 0.2) is 29.5 Å². The van der Waals surface area contributed by atoms with Crippen molar-refractivity contribution < 1.29 is 0 Å². The average Bonchev–Trinajstić information content (AvgIpc) is 2.15. The predicted octanol–water partition coefficient (Wildman–Crippen LogP) is 3.36. The minimum absolute atomic E-state index is 0.440. The van der Waals surface area contributed by atoms with E-state index in [4.69, 9.17) is 23.2 Å². The lowest BCUT2D eigenvalue weighted by Crippen LogP contribution is -1.92. The Labute approximate surface area is 92.4 Å². The van der Waals surface area contributed by atoms with Gasteiger partial charge in [-0.2, -0.15) is 5.10 Å². The second-order valence-electron chi connectivity index (χ2n) is 2.40. The summed E-state index contributed by atoms with van der Waals surface area (Å²) in [5.41, 5.74) is 2.69. The zero-order valence-corrected chi connectivity index (χ0v) is 9.05. The number of nitrogens with one attached hydrogen (secondary N) is 1. The maximum absolute atomic E-state index is 5.84. The summed E-state index contributed by atoms with van der Waals surface area (Å²) < 4.78 is 0. The first-order valence-corrected chi connectivity index (χ1v) is 4.71. The summed E-state index contributed by atoms with van der Waals surface area (Å²) in [6.07, 6.45) is 6.76. The molecule has 0 aromatic carbocycles. The molecule has 14 heavy (non-hydrogen) atoms. The van der Waals surface area contributed by atoms with Crippen molar-refractivity contribution >= 4 is 35.2 Å². The summed E-state index contributed by atoms with van der Waals surface area (Å²) in [5.74, 6) is 0.483. The monoisotopic (exact) mass is 229 g/mol. The third-order valence-electron chi connectivity index (χ3n) is 1.33. The Kier molecular flexibility index (Phi) is 4.43. The molecule has 5 heteroatoms. The zero-order chi connectivity index (χ0) is 10.4. The fourth-order valence-corrected chi connectivity index (χ4v) is 1.15. The number of hydrogen-bond donors (Lipinski definition) is 1. The first-order valence-electron chi connectivity index (χ1n) is 3.95. The van der Waals surface area contributed by atoms with Crippen LogP contribution < -0.4 is 5.43 Å². The summed E-state index contributed by atoms with van der Waals surface area (Å²) in [7, 11) is 0. The van der Waals surface area contributed by atoms with Crippen molar-refractivity contribution in [1.29, 1.82) is 0 Å². The molecule has 1 N–H and O–H groups in total. The molecule has 0 aliphatic rings. The van der Waals surface area contributed by atoms with Crippen LogP contribution in [0.1, 0.15) is 6.92 Å². The van der Waals surface area contributed by atoms with Crippen LogP contribution in [0.2, 0.25) is 10.0 Å². The van der Waals surface area contributed by atoms with E-state index in [0.29, 0.717) is 15.9 Å². The van der Waals surface area contributed by atoms with Gasteiger partial charge in [-0.15, -0.1) is 0 Å². The van der Waals surface area contributed by atoms with Gasteiger partial charge in [0, 0.05) is 12.4 Å². The highest BCUT2D eigenvalue weighted by Crippen LogP contribution is 2.22. The van der Waals surface area contributed by atoms with Crippen LogP contribution in [0.3, 0.4) is 0 Å². The number of hydrazone groups is 1. The van der Waals surface area contributed by atoms with Crippen LogP contribution >= 0.6 is 23.2 Å². The van der Waals surface area contributed by atoms with Crippen molar-refractivity contribution in [2.24, 2.45) is 5.10 Å². The predicted molar refractivity (Wildman–Crippen MR) is 61.2 cm³/mol. The molecule has 1 aromatic rings. The van der Waals surface area contributed by atoms with Gasteiger partial charge >= 0.3 is 0 Å². The zero-order valence-electron chi connectivity index (χ0n) is 7.54. The molecule has 3 nitrogen and oxygen atoms in total. The van der Waals surface area contributed by atoms with E-state index in [2.05, 4.69) is 15.5 Å². The number of hydrogen-bond acceptors (Lipinski definition) is 3. The number of pyridine rings is 1. The Bertz CT molecular complexity index is 361. The second kappa shape index (κ2) is 5.62. The molecule has 0 fully saturated rings. The number of halogens is 2. The molecule has 0 unspecified atom stereocenters. The third-order valence-corrected chi connectivity index (χ3v) is 1.83. The Balaban J connectivity index is 2.68. The van der Waals surface area contributed by atoms with Crippen LogP contribution in [-0.4, -0.2) is 11.2 Å². The lowest BCUT2D eigenvalue weighted by molar-refractivity contribution is 1.23. The largest absolute Gasteiger partial charge is 0.260 e. The van der Waals surface area contributed by atoms with Crippen molar-refractivity contribution in [3.8, 4) is 0 Å². The van der Waals surface area contributed by atoms with Crippen LogP contribution in [-0.2, 0) is 0 Å². The molecule has 0 saturated carbocycles. The Morgan fingerprint density at radius 1 is 1.50 bits per heavy atom. The molecule has 0 aliphatic heterocycles. The minimum Gasteiger partial charge on any atom is -0.260 e. The fraction of sp³-hybridized carbons (Fsp3) is 0.111. The van der Waals surface area contributed by atoms with Gasteiger partial charge in [-0.1, -0.05) is 29.3 Å². The van der Waals surface area contributed by atoms with Gasteiger partial charge < -0.3 is 0 Å². The molecule has 1 aromatic heterocycles. The van der Waals surface area contributed by atoms with Crippen LogP contribution in [0.4, 0.5) is 5.82 Å². The molecule has 0 atom stereocenters. The number of nitrogens with zero attached hydrogens (tertiary/aromatic N) is 2. The van der Waals surface area contributed by atoms with Gasteiger partial charge in [-0.05, 0) is 19.1 Å². The van der Waals surface area contributed by atoms with E-state index in [0.717, 1.165) is 0 Å². The molecule has 0 bridgehead atoms. The minimum atomic E-state index is 0.440. The van der Waals surface area contributed by atoms with Crippen molar-refractivity contribution in [2.75, 3.05) is 5.43 Å². The molecule has 0 saturated heterocycles. The van der Waals surface area contributed by atoms with E-state index in [1.165, 1.54) is 6.20 Å². The number of allylic oxidation sites excluding steroid dienone is 2. The molecule has 1 rings (SSSR count). The van der Waals surface area contributed by atoms with Crippen LogP contribution in [0.5, 0.6) is 0 Å². The number of rotatable bonds is 3. The maximum Gasteiger partial charge on any atom is 0.165 e. The lowest BCUT2D eigenvalue weighted by atomic mass is 10.5. The Morgan fingerprint density at radius 3 is 2.93 bits per heavy atom. The smallest absolute Gasteiger partial charge is 0.165 e. The third kappa shape index (κ3) is 3.36. The SMILES string of the molecule is C/C=C/C=N\Nc1ncc(Cl)cc1Cl. The molecule has 0 radical (unpaired) electrons. The van der Waals surface area contributed by atoms with E-state index in [1.54, 1.807) is 18.4 Å². The van der Waals surface area contributed by atoms with Gasteiger partial charge in [0.15, 0.2) is 5.82 Å². The quantitative estimate of drug-likeness (QED) is 0.638. The van der Waals surface area contributed by atoms with E-state index in [1.807, 2.05) is 13.0 Å². The van der Waals surface area contributed by atoms with Crippen molar-refractivity contribution in [3.05, 3.63) is 34.5 Å². The van der Waals surface area contributed by atoms with Gasteiger partial charge in [-0.3, -0.25) is 5.43 Å². The average molecular weight is 230 g/mol. The van der Waals surface area contributed by atoms with E-state index in [9.17, 15) is 0 Å². The van der Waals surface area contributed by atoms with Crippen molar-refractivity contribution in [3.63, 3.8) is 0 Å². The van der Waals surface area contributed by atoms with E-state index >= 15 is 0 Å². The Hall–Kier alpha value is -1.06. The first-order chi connectivity index (χ1) is 6.74. The van der Waals surface area contributed by atoms with Gasteiger partial charge in [0.25, 0.3) is 0 Å². The molecular formula is C9H9Cl2N3. The summed E-state index contributed by atoms with van der Waals surface area (Å²) >= 11 is 11.5. The standard InChI is InChI=1S/C9H9Cl2N3/c1-2-3-4-13-14-9-8(11)5-7(10)6-12-9/h2-6H,1H3,(H,12,14)/b3-2+,13-4-. The van der Waals surface area contributed by atoms with E-state index < -0.39 is 0 Å². The summed E-state index contributed by atoms with van der Waals surface area (Å²) in [4.78, 5) is 3.96. The Morgan fingerprint density at radius 2 is 2.29 bits per heavy atom. The molecule has 0 amide bonds. The topological polar surface area (TPSA) is 37.3 Å². The number of anilines is 1. The maximum atomic E-state index is 5.84. The molecule has 0 aliphatic carbocycles. The normalized spacial score (nSPS) is 11.4. The first kappa shape index (κ1) is 11.0. The van der Waals surface area contributed by atoms with Gasteiger partial charge in [-0.25, -0.2) is 4.98 Å². The highest BCUT2D eigenvalue weighted by atomic mass is 35.5. The number of aromatic nitrogens is 1. The fourth-order valence-electron chi connectivity index (χ4n) is 0.724. The van der Waals surface area contributed by atoms with Crippen LogP contribution in [0, 0.1) is 0 Å². The van der Waals surface area contributed by atoms with Gasteiger partial charge in [0.05, 0.1) is 10.0 Å². The lowest BCUT2D eigenvalue weighted by Gasteiger charge is -2.00. The van der Waals surface area contributed by atoms with Crippen molar-refractivity contribution in [2.45, 2.75) is 6.92 Å². The van der Waals surface area contributed by atoms with E-state index in [-0.39, 0.29) is 0 Å². The summed E-state index contributed by atoms with van der Waals surface area (Å²) in [6.45, 7) is 1.90. The molecular weight excluding hydrogens is 221 g/mol. The van der Waals surface area contributed by atoms with Gasteiger partial charge in [0.1, 0.15) is 0 Å². The molecule has 74 valence electrons. The molecule has 1 heterocycles. The van der Waals surface area contributed by atoms with Crippen molar-refractivity contribution in [1.82, 2.24) is 4.98 Å². The second-order valence-corrected chi connectivity index (χ2v) is 3.24. The highest BCUT2D eigenvalue weighted by Gasteiger charge is 1.99.